The summed E-state index contributed by atoms with van der Waals surface area (Å²) in [6.07, 6.45) is 3.29. The highest BCUT2D eigenvalue weighted by Crippen LogP contribution is 2.08. The average Bonchev–Trinajstić information content (AvgIpc) is 2.71. The summed E-state index contributed by atoms with van der Waals surface area (Å²) in [5.74, 6) is 0. The lowest BCUT2D eigenvalue weighted by Crippen LogP contribution is -2.02. The number of hydrogen-bond acceptors (Lipinski definition) is 3. The standard InChI is InChI=1S/C9H9ClN4/c10-11-7-8-2-1-3-9(6-8)14-12-4-5-13-14/h1-6,11H,7H2. The van der Waals surface area contributed by atoms with Gasteiger partial charge in [0.25, 0.3) is 0 Å². The molecule has 0 fully saturated rings. The zero-order valence-electron chi connectivity index (χ0n) is 7.39. The molecule has 0 saturated carbocycles. The fourth-order valence-corrected chi connectivity index (χ4v) is 1.37. The molecule has 0 amide bonds. The topological polar surface area (TPSA) is 42.7 Å². The van der Waals surface area contributed by atoms with Crippen LogP contribution in [0.4, 0.5) is 0 Å². The number of halogens is 1. The first-order valence-electron chi connectivity index (χ1n) is 4.19. The highest BCUT2D eigenvalue weighted by Gasteiger charge is 1.98. The van der Waals surface area contributed by atoms with Gasteiger partial charge in [-0.1, -0.05) is 12.1 Å². The Bertz CT molecular complexity index is 399. The molecule has 0 spiro atoms. The molecule has 0 unspecified atom stereocenters. The number of nitrogens with one attached hydrogen (secondary N) is 1. The Labute approximate surface area is 86.6 Å². The van der Waals surface area contributed by atoms with Gasteiger partial charge in [0, 0.05) is 6.54 Å². The minimum atomic E-state index is 0.622. The van der Waals surface area contributed by atoms with Gasteiger partial charge in [-0.25, -0.2) is 4.84 Å². The quantitative estimate of drug-likeness (QED) is 0.778. The van der Waals surface area contributed by atoms with Crippen LogP contribution in [-0.4, -0.2) is 15.0 Å². The van der Waals surface area contributed by atoms with E-state index in [-0.39, 0.29) is 0 Å². The van der Waals surface area contributed by atoms with Crippen LogP contribution >= 0.6 is 11.8 Å². The molecule has 72 valence electrons. The van der Waals surface area contributed by atoms with E-state index in [0.717, 1.165) is 11.3 Å². The lowest BCUT2D eigenvalue weighted by molar-refractivity contribution is 0.749. The Hall–Kier alpha value is -1.39. The maximum Gasteiger partial charge on any atom is 0.0859 e. The van der Waals surface area contributed by atoms with Crippen molar-refractivity contribution in [3.8, 4) is 5.69 Å². The first kappa shape index (κ1) is 9.18. The lowest BCUT2D eigenvalue weighted by atomic mass is 10.2. The zero-order valence-corrected chi connectivity index (χ0v) is 8.15. The Morgan fingerprint density at radius 1 is 1.29 bits per heavy atom. The summed E-state index contributed by atoms with van der Waals surface area (Å²) >= 11 is 5.43. The number of rotatable bonds is 3. The Kier molecular flexibility index (Phi) is 2.76. The van der Waals surface area contributed by atoms with Gasteiger partial charge in [-0.15, -0.1) is 0 Å². The van der Waals surface area contributed by atoms with E-state index in [0.29, 0.717) is 6.54 Å². The predicted molar refractivity (Wildman–Crippen MR) is 54.1 cm³/mol. The van der Waals surface area contributed by atoms with Crippen LogP contribution in [0.2, 0.25) is 0 Å². The minimum Gasteiger partial charge on any atom is -0.229 e. The number of aromatic nitrogens is 3. The maximum absolute atomic E-state index is 5.43. The van der Waals surface area contributed by atoms with Crippen molar-refractivity contribution in [2.75, 3.05) is 0 Å². The second kappa shape index (κ2) is 4.21. The molecule has 0 aliphatic carbocycles. The van der Waals surface area contributed by atoms with Crippen molar-refractivity contribution in [1.29, 1.82) is 0 Å². The third-order valence-corrected chi connectivity index (χ3v) is 1.96. The summed E-state index contributed by atoms with van der Waals surface area (Å²) in [5, 5.41) is 8.08. The van der Waals surface area contributed by atoms with Crippen molar-refractivity contribution >= 4 is 11.8 Å². The fourth-order valence-electron chi connectivity index (χ4n) is 1.22. The van der Waals surface area contributed by atoms with Gasteiger partial charge in [0.15, 0.2) is 0 Å². The number of hydrogen-bond donors (Lipinski definition) is 1. The van der Waals surface area contributed by atoms with Gasteiger partial charge in [0.1, 0.15) is 0 Å². The molecule has 0 aliphatic rings. The van der Waals surface area contributed by atoms with Gasteiger partial charge in [0.05, 0.1) is 18.1 Å². The molecule has 0 radical (unpaired) electrons. The summed E-state index contributed by atoms with van der Waals surface area (Å²) < 4.78 is 0. The van der Waals surface area contributed by atoms with Crippen LogP contribution in [0.3, 0.4) is 0 Å². The highest BCUT2D eigenvalue weighted by atomic mass is 35.5. The highest BCUT2D eigenvalue weighted by molar-refractivity contribution is 6.13. The normalized spacial score (nSPS) is 10.4. The van der Waals surface area contributed by atoms with Crippen LogP contribution < -0.4 is 4.84 Å². The second-order valence-corrected chi connectivity index (χ2v) is 3.07. The zero-order chi connectivity index (χ0) is 9.80. The molecule has 1 heterocycles. The molecule has 0 atom stereocenters. The van der Waals surface area contributed by atoms with E-state index in [9.17, 15) is 0 Å². The van der Waals surface area contributed by atoms with Crippen molar-refractivity contribution in [2.45, 2.75) is 6.54 Å². The van der Waals surface area contributed by atoms with Crippen LogP contribution in [0.1, 0.15) is 5.56 Å². The van der Waals surface area contributed by atoms with Crippen LogP contribution in [0.15, 0.2) is 36.7 Å². The van der Waals surface area contributed by atoms with Gasteiger partial charge in [-0.3, -0.25) is 0 Å². The van der Waals surface area contributed by atoms with Crippen molar-refractivity contribution in [1.82, 2.24) is 19.8 Å². The van der Waals surface area contributed by atoms with E-state index in [2.05, 4.69) is 15.0 Å². The summed E-state index contributed by atoms with van der Waals surface area (Å²) in [7, 11) is 0. The Morgan fingerprint density at radius 2 is 2.07 bits per heavy atom. The minimum absolute atomic E-state index is 0.622. The first-order valence-corrected chi connectivity index (χ1v) is 4.57. The second-order valence-electron chi connectivity index (χ2n) is 2.80. The van der Waals surface area contributed by atoms with Crippen molar-refractivity contribution in [2.24, 2.45) is 0 Å². The fraction of sp³-hybridized carbons (Fsp3) is 0.111. The van der Waals surface area contributed by atoms with Crippen LogP contribution in [-0.2, 0) is 6.54 Å². The molecule has 1 aromatic heterocycles. The molecule has 5 heteroatoms. The molecule has 14 heavy (non-hydrogen) atoms. The van der Waals surface area contributed by atoms with Gasteiger partial charge in [0.2, 0.25) is 0 Å². The number of benzene rings is 1. The third kappa shape index (κ3) is 1.92. The first-order chi connectivity index (χ1) is 6.90. The number of nitrogens with zero attached hydrogens (tertiary/aromatic N) is 3. The molecule has 0 aliphatic heterocycles. The molecular formula is C9H9ClN4. The molecule has 0 saturated heterocycles. The summed E-state index contributed by atoms with van der Waals surface area (Å²) in [6.45, 7) is 0.622. The van der Waals surface area contributed by atoms with Gasteiger partial charge in [-0.05, 0) is 29.5 Å². The molecule has 0 bridgehead atoms. The van der Waals surface area contributed by atoms with E-state index in [1.54, 1.807) is 17.2 Å². The van der Waals surface area contributed by atoms with E-state index in [4.69, 9.17) is 11.8 Å². The van der Waals surface area contributed by atoms with E-state index >= 15 is 0 Å². The predicted octanol–water partition coefficient (Wildman–Crippen LogP) is 1.51. The maximum atomic E-state index is 5.43. The van der Waals surface area contributed by atoms with Gasteiger partial charge < -0.3 is 0 Å². The molecular weight excluding hydrogens is 200 g/mol. The molecule has 1 N–H and O–H groups in total. The van der Waals surface area contributed by atoms with Crippen molar-refractivity contribution in [3.63, 3.8) is 0 Å². The van der Waals surface area contributed by atoms with Gasteiger partial charge in [-0.2, -0.15) is 15.0 Å². The van der Waals surface area contributed by atoms with E-state index < -0.39 is 0 Å². The van der Waals surface area contributed by atoms with Crippen molar-refractivity contribution in [3.05, 3.63) is 42.2 Å². The summed E-state index contributed by atoms with van der Waals surface area (Å²) in [5.41, 5.74) is 2.02. The van der Waals surface area contributed by atoms with E-state index in [1.165, 1.54) is 0 Å². The third-order valence-electron chi connectivity index (χ3n) is 1.83. The monoisotopic (exact) mass is 208 g/mol. The molecule has 1 aromatic carbocycles. The van der Waals surface area contributed by atoms with Crippen LogP contribution in [0.5, 0.6) is 0 Å². The van der Waals surface area contributed by atoms with Crippen molar-refractivity contribution < 1.29 is 0 Å². The Balaban J connectivity index is 2.31. The van der Waals surface area contributed by atoms with Crippen LogP contribution in [0.25, 0.3) is 5.69 Å². The van der Waals surface area contributed by atoms with Crippen LogP contribution in [0, 0.1) is 0 Å². The average molecular weight is 209 g/mol. The van der Waals surface area contributed by atoms with Gasteiger partial charge >= 0.3 is 0 Å². The lowest BCUT2D eigenvalue weighted by Gasteiger charge is -2.02. The Morgan fingerprint density at radius 3 is 2.79 bits per heavy atom. The summed E-state index contributed by atoms with van der Waals surface area (Å²) in [4.78, 5) is 4.15. The van der Waals surface area contributed by atoms with E-state index in [1.807, 2.05) is 24.3 Å². The molecule has 2 aromatic rings. The molecule has 2 rings (SSSR count). The molecule has 4 nitrogen and oxygen atoms in total. The SMILES string of the molecule is ClNCc1cccc(-n2nccn2)c1. The largest absolute Gasteiger partial charge is 0.229 e. The summed E-state index contributed by atoms with van der Waals surface area (Å²) in [6, 6.07) is 7.86. The smallest absolute Gasteiger partial charge is 0.0859 e.